The number of piperidine rings is 1. The molecule has 4 aliphatic heterocycles. The Morgan fingerprint density at radius 2 is 2.00 bits per heavy atom. The molecule has 7 nitrogen and oxygen atoms in total. The topological polar surface area (TPSA) is 79.9 Å². The van der Waals surface area contributed by atoms with Crippen LogP contribution in [0.15, 0.2) is 6.07 Å². The fraction of sp³-hybridized carbons (Fsp3) is 0.700. The Morgan fingerprint density at radius 3 is 2.76 bits per heavy atom. The van der Waals surface area contributed by atoms with Gasteiger partial charge in [0, 0.05) is 24.4 Å². The summed E-state index contributed by atoms with van der Waals surface area (Å²) in [4.78, 5) is 28.8. The summed E-state index contributed by atoms with van der Waals surface area (Å²) in [6.07, 6.45) is 4.85. The standard InChI is InChI=1S/C20H27N3O4S.ClH/c24-17(23-9-1-3-19(6-10-23)13-22-18(25)27-19)15-12-14-2-11-26-20(16(14)28-15)4-7-21-8-5-20;/h12,21H,1-11,13H2,(H,22,25);1H. The highest BCUT2D eigenvalue weighted by Gasteiger charge is 2.43. The van der Waals surface area contributed by atoms with Crippen LogP contribution >= 0.6 is 23.7 Å². The Bertz CT molecular complexity index is 795. The van der Waals surface area contributed by atoms with Crippen molar-refractivity contribution in [2.75, 3.05) is 39.3 Å². The molecule has 0 saturated carbocycles. The summed E-state index contributed by atoms with van der Waals surface area (Å²) in [6, 6.07) is 2.10. The maximum absolute atomic E-state index is 13.3. The van der Waals surface area contributed by atoms with Gasteiger partial charge in [-0.15, -0.1) is 23.7 Å². The number of hydrogen-bond acceptors (Lipinski definition) is 6. The number of hydrogen-bond donors (Lipinski definition) is 2. The van der Waals surface area contributed by atoms with E-state index in [2.05, 4.69) is 16.7 Å². The lowest BCUT2D eigenvalue weighted by Crippen LogP contribution is -2.44. The predicted octanol–water partition coefficient (Wildman–Crippen LogP) is 2.43. The van der Waals surface area contributed by atoms with Gasteiger partial charge in [0.05, 0.1) is 18.0 Å². The molecule has 160 valence electrons. The van der Waals surface area contributed by atoms with Crippen LogP contribution < -0.4 is 10.6 Å². The molecule has 2 amide bonds. The van der Waals surface area contributed by atoms with E-state index in [9.17, 15) is 9.59 Å². The van der Waals surface area contributed by atoms with E-state index in [4.69, 9.17) is 9.47 Å². The maximum Gasteiger partial charge on any atom is 0.407 e. The van der Waals surface area contributed by atoms with Gasteiger partial charge in [-0.3, -0.25) is 4.79 Å². The Balaban J connectivity index is 0.00000205. The van der Waals surface area contributed by atoms with Crippen molar-refractivity contribution in [2.24, 2.45) is 0 Å². The highest BCUT2D eigenvalue weighted by atomic mass is 35.5. The van der Waals surface area contributed by atoms with E-state index in [1.165, 1.54) is 10.4 Å². The molecule has 0 aliphatic carbocycles. The van der Waals surface area contributed by atoms with Crippen molar-refractivity contribution in [1.29, 1.82) is 0 Å². The van der Waals surface area contributed by atoms with Crippen LogP contribution in [0.5, 0.6) is 0 Å². The first kappa shape index (κ1) is 20.9. The van der Waals surface area contributed by atoms with Gasteiger partial charge in [-0.1, -0.05) is 0 Å². The van der Waals surface area contributed by atoms with Crippen molar-refractivity contribution >= 4 is 35.7 Å². The zero-order valence-electron chi connectivity index (χ0n) is 16.5. The Morgan fingerprint density at radius 1 is 1.17 bits per heavy atom. The molecule has 4 aliphatic rings. The number of halogens is 1. The molecule has 1 atom stereocenters. The van der Waals surface area contributed by atoms with Crippen molar-refractivity contribution in [2.45, 2.75) is 49.7 Å². The number of ether oxygens (including phenoxy) is 2. The fourth-order valence-corrected chi connectivity index (χ4v) is 6.42. The summed E-state index contributed by atoms with van der Waals surface area (Å²) in [5.74, 6) is 0.109. The molecular weight excluding hydrogens is 414 g/mol. The second-order valence-electron chi connectivity index (χ2n) is 8.38. The summed E-state index contributed by atoms with van der Waals surface area (Å²) >= 11 is 1.63. The van der Waals surface area contributed by atoms with Crippen LogP contribution in [-0.2, 0) is 21.5 Å². The first-order valence-corrected chi connectivity index (χ1v) is 11.1. The van der Waals surface area contributed by atoms with Crippen LogP contribution in [0, 0.1) is 0 Å². The van der Waals surface area contributed by atoms with Gasteiger partial charge in [-0.25, -0.2) is 4.79 Å². The average Bonchev–Trinajstić information content (AvgIpc) is 3.23. The molecule has 0 aromatic carbocycles. The summed E-state index contributed by atoms with van der Waals surface area (Å²) in [5.41, 5.74) is 0.657. The van der Waals surface area contributed by atoms with E-state index in [1.807, 2.05) is 4.90 Å². The van der Waals surface area contributed by atoms with Crippen molar-refractivity contribution in [3.05, 3.63) is 21.4 Å². The summed E-state index contributed by atoms with van der Waals surface area (Å²) in [5, 5.41) is 6.18. The number of nitrogens with zero attached hydrogens (tertiary/aromatic N) is 1. The number of likely N-dealkylation sites (tertiary alicyclic amines) is 1. The maximum atomic E-state index is 13.3. The molecular formula is C20H28ClN3O4S. The second kappa shape index (κ2) is 8.06. The normalized spacial score (nSPS) is 28.3. The van der Waals surface area contributed by atoms with E-state index in [0.29, 0.717) is 26.1 Å². The molecule has 29 heavy (non-hydrogen) atoms. The SMILES string of the molecule is Cl.O=C1NCC2(CCCN(C(=O)c3cc4c(s3)C3(CCNCC3)OCC4)CC2)O1. The quantitative estimate of drug-likeness (QED) is 0.699. The summed E-state index contributed by atoms with van der Waals surface area (Å²) < 4.78 is 11.8. The van der Waals surface area contributed by atoms with E-state index >= 15 is 0 Å². The van der Waals surface area contributed by atoms with Crippen molar-refractivity contribution in [3.63, 3.8) is 0 Å². The molecule has 1 aromatic heterocycles. The van der Waals surface area contributed by atoms with Crippen LogP contribution in [0.3, 0.4) is 0 Å². The molecule has 2 spiro atoms. The third-order valence-corrected chi connectivity index (χ3v) is 7.99. The molecule has 5 rings (SSSR count). The van der Waals surface area contributed by atoms with Crippen LogP contribution in [-0.4, -0.2) is 61.8 Å². The largest absolute Gasteiger partial charge is 0.441 e. The lowest BCUT2D eigenvalue weighted by atomic mass is 9.86. The number of thiophene rings is 1. The lowest BCUT2D eigenvalue weighted by Gasteiger charge is -2.40. The van der Waals surface area contributed by atoms with Gasteiger partial charge in [0.2, 0.25) is 0 Å². The minimum absolute atomic E-state index is 0. The lowest BCUT2D eigenvalue weighted by molar-refractivity contribution is -0.0771. The van der Waals surface area contributed by atoms with Gasteiger partial charge in [-0.2, -0.15) is 0 Å². The number of alkyl carbamates (subject to hydrolysis) is 1. The van der Waals surface area contributed by atoms with Gasteiger partial charge < -0.3 is 25.0 Å². The van der Waals surface area contributed by atoms with E-state index in [0.717, 1.165) is 56.7 Å². The van der Waals surface area contributed by atoms with Crippen LogP contribution in [0.4, 0.5) is 4.79 Å². The van der Waals surface area contributed by atoms with E-state index < -0.39 is 5.60 Å². The zero-order chi connectivity index (χ0) is 19.2. The molecule has 1 unspecified atom stereocenters. The third-order valence-electron chi connectivity index (χ3n) is 6.64. The summed E-state index contributed by atoms with van der Waals surface area (Å²) in [6.45, 7) is 4.55. The number of amides is 2. The number of carbonyl (C=O) groups is 2. The third kappa shape index (κ3) is 3.76. The van der Waals surface area contributed by atoms with Gasteiger partial charge in [0.15, 0.2) is 0 Å². The molecule has 3 fully saturated rings. The Hall–Kier alpha value is -1.35. The summed E-state index contributed by atoms with van der Waals surface area (Å²) in [7, 11) is 0. The molecule has 2 N–H and O–H groups in total. The fourth-order valence-electron chi connectivity index (χ4n) is 5.04. The van der Waals surface area contributed by atoms with Gasteiger partial charge >= 0.3 is 6.09 Å². The van der Waals surface area contributed by atoms with E-state index in [1.54, 1.807) is 11.3 Å². The minimum Gasteiger partial charge on any atom is -0.441 e. The number of fused-ring (bicyclic) bond motifs is 2. The molecule has 3 saturated heterocycles. The molecule has 0 radical (unpaired) electrons. The Kier molecular flexibility index (Phi) is 5.81. The molecule has 9 heteroatoms. The Labute approximate surface area is 180 Å². The van der Waals surface area contributed by atoms with Gasteiger partial charge in [0.25, 0.3) is 5.91 Å². The second-order valence-corrected chi connectivity index (χ2v) is 9.43. The van der Waals surface area contributed by atoms with Gasteiger partial charge in [-0.05, 0) is 56.8 Å². The number of nitrogens with one attached hydrogen (secondary N) is 2. The minimum atomic E-state index is -0.437. The monoisotopic (exact) mass is 441 g/mol. The van der Waals surface area contributed by atoms with Crippen molar-refractivity contribution in [1.82, 2.24) is 15.5 Å². The van der Waals surface area contributed by atoms with Crippen molar-refractivity contribution < 1.29 is 19.1 Å². The zero-order valence-corrected chi connectivity index (χ0v) is 18.1. The number of carbonyl (C=O) groups excluding carboxylic acids is 2. The van der Waals surface area contributed by atoms with Crippen LogP contribution in [0.2, 0.25) is 0 Å². The van der Waals surface area contributed by atoms with Gasteiger partial charge in [0.1, 0.15) is 11.2 Å². The highest BCUT2D eigenvalue weighted by molar-refractivity contribution is 7.14. The average molecular weight is 442 g/mol. The number of rotatable bonds is 1. The predicted molar refractivity (Wildman–Crippen MR) is 112 cm³/mol. The first-order chi connectivity index (χ1) is 13.6. The van der Waals surface area contributed by atoms with Crippen molar-refractivity contribution in [3.8, 4) is 0 Å². The molecule has 0 bridgehead atoms. The molecule has 5 heterocycles. The van der Waals surface area contributed by atoms with E-state index in [-0.39, 0.29) is 30.0 Å². The van der Waals surface area contributed by atoms with Crippen LogP contribution in [0.1, 0.15) is 52.2 Å². The smallest absolute Gasteiger partial charge is 0.407 e. The molecule has 1 aromatic rings. The highest BCUT2D eigenvalue weighted by Crippen LogP contribution is 2.44. The first-order valence-electron chi connectivity index (χ1n) is 10.3. The van der Waals surface area contributed by atoms with Crippen LogP contribution in [0.25, 0.3) is 0 Å².